The molecule has 2 saturated carbocycles. The Bertz CT molecular complexity index is 1140. The van der Waals surface area contributed by atoms with Crippen LogP contribution in [-0.2, 0) is 11.5 Å². The van der Waals surface area contributed by atoms with Crippen molar-refractivity contribution < 1.29 is 4.79 Å². The van der Waals surface area contributed by atoms with E-state index in [1.807, 2.05) is 9.58 Å². The quantitative estimate of drug-likeness (QED) is 0.455. The van der Waals surface area contributed by atoms with Crippen molar-refractivity contribution in [2.75, 3.05) is 4.90 Å². The SMILES string of the molecule is CC(=O)N(c1nn(CN(C2CC2)C(C)c2cccc3ccccc23)c(=S)s1)C1CC1. The van der Waals surface area contributed by atoms with Gasteiger partial charge < -0.3 is 0 Å². The van der Waals surface area contributed by atoms with E-state index in [1.165, 1.54) is 40.5 Å². The highest BCUT2D eigenvalue weighted by molar-refractivity contribution is 7.73. The number of amides is 1. The number of aromatic nitrogens is 2. The third-order valence-corrected chi connectivity index (χ3v) is 7.44. The fourth-order valence-electron chi connectivity index (χ4n) is 4.27. The molecule has 1 amide bonds. The lowest BCUT2D eigenvalue weighted by atomic mass is 9.99. The van der Waals surface area contributed by atoms with E-state index in [1.54, 1.807) is 6.92 Å². The summed E-state index contributed by atoms with van der Waals surface area (Å²) >= 11 is 7.09. The number of anilines is 1. The van der Waals surface area contributed by atoms with Crippen LogP contribution in [0.3, 0.4) is 0 Å². The van der Waals surface area contributed by atoms with Gasteiger partial charge >= 0.3 is 0 Å². The first-order valence-electron chi connectivity index (χ1n) is 10.6. The zero-order valence-corrected chi connectivity index (χ0v) is 19.0. The lowest BCUT2D eigenvalue weighted by Gasteiger charge is -2.30. The van der Waals surface area contributed by atoms with Crippen LogP contribution in [0.4, 0.5) is 5.13 Å². The topological polar surface area (TPSA) is 41.4 Å². The summed E-state index contributed by atoms with van der Waals surface area (Å²) in [5, 5.41) is 8.09. The Morgan fingerprint density at radius 3 is 2.57 bits per heavy atom. The lowest BCUT2D eigenvalue weighted by Crippen LogP contribution is -2.33. The number of fused-ring (bicyclic) bond motifs is 1. The second-order valence-electron chi connectivity index (χ2n) is 8.40. The summed E-state index contributed by atoms with van der Waals surface area (Å²) in [6, 6.07) is 16.2. The highest BCUT2D eigenvalue weighted by atomic mass is 32.1. The molecule has 1 atom stereocenters. The summed E-state index contributed by atoms with van der Waals surface area (Å²) < 4.78 is 2.64. The molecule has 0 radical (unpaired) electrons. The molecule has 156 valence electrons. The van der Waals surface area contributed by atoms with Crippen molar-refractivity contribution in [2.45, 2.75) is 64.3 Å². The first-order valence-corrected chi connectivity index (χ1v) is 11.9. The van der Waals surface area contributed by atoms with Crippen molar-refractivity contribution in [3.8, 4) is 0 Å². The monoisotopic (exact) mass is 438 g/mol. The van der Waals surface area contributed by atoms with Crippen LogP contribution >= 0.6 is 23.6 Å². The normalized spacial score (nSPS) is 17.4. The van der Waals surface area contributed by atoms with Crippen LogP contribution in [-0.4, -0.2) is 32.7 Å². The number of rotatable bonds is 7. The van der Waals surface area contributed by atoms with E-state index in [2.05, 4.69) is 54.3 Å². The van der Waals surface area contributed by atoms with Crippen LogP contribution in [0.25, 0.3) is 10.8 Å². The van der Waals surface area contributed by atoms with Gasteiger partial charge in [-0.2, -0.15) is 0 Å². The van der Waals surface area contributed by atoms with Gasteiger partial charge in [0.2, 0.25) is 11.0 Å². The minimum atomic E-state index is 0.0524. The van der Waals surface area contributed by atoms with Crippen LogP contribution in [0.5, 0.6) is 0 Å². The molecule has 7 heteroatoms. The second kappa shape index (κ2) is 7.87. The third-order valence-electron chi connectivity index (χ3n) is 6.14. The standard InChI is InChI=1S/C23H26N4OS2/c1-15(20-9-5-7-17-6-3-4-8-21(17)20)25(18-10-11-18)14-26-23(29)30-22(24-26)27(16(2)28)19-12-13-19/h3-9,15,18-19H,10-14H2,1-2H3. The van der Waals surface area contributed by atoms with E-state index in [-0.39, 0.29) is 11.9 Å². The maximum absolute atomic E-state index is 12.1. The molecule has 5 rings (SSSR count). The average molecular weight is 439 g/mol. The van der Waals surface area contributed by atoms with Crippen molar-refractivity contribution in [1.29, 1.82) is 0 Å². The van der Waals surface area contributed by atoms with Crippen LogP contribution in [0.1, 0.15) is 51.1 Å². The van der Waals surface area contributed by atoms with Crippen LogP contribution in [0.15, 0.2) is 42.5 Å². The number of hydrogen-bond donors (Lipinski definition) is 0. The summed E-state index contributed by atoms with van der Waals surface area (Å²) in [7, 11) is 0. The highest BCUT2D eigenvalue weighted by Crippen LogP contribution is 2.38. The lowest BCUT2D eigenvalue weighted by molar-refractivity contribution is -0.116. The van der Waals surface area contributed by atoms with Gasteiger partial charge in [0.15, 0.2) is 3.95 Å². The van der Waals surface area contributed by atoms with Gasteiger partial charge in [-0.1, -0.05) is 53.8 Å². The Morgan fingerprint density at radius 2 is 1.87 bits per heavy atom. The summed E-state index contributed by atoms with van der Waals surface area (Å²) in [6.07, 6.45) is 4.53. The van der Waals surface area contributed by atoms with Gasteiger partial charge in [-0.3, -0.25) is 14.6 Å². The van der Waals surface area contributed by atoms with Gasteiger partial charge in [0, 0.05) is 25.0 Å². The maximum Gasteiger partial charge on any atom is 0.225 e. The molecular formula is C23H26N4OS2. The fourth-order valence-corrected chi connectivity index (χ4v) is 5.47. The average Bonchev–Trinajstić information content (AvgIpc) is 3.65. The van der Waals surface area contributed by atoms with Gasteiger partial charge in [-0.05, 0) is 61.2 Å². The molecule has 1 aromatic heterocycles. The molecule has 2 fully saturated rings. The molecule has 2 aliphatic carbocycles. The van der Waals surface area contributed by atoms with Crippen LogP contribution < -0.4 is 4.90 Å². The molecule has 0 aliphatic heterocycles. The Labute approximate surface area is 185 Å². The molecule has 5 nitrogen and oxygen atoms in total. The molecule has 0 spiro atoms. The fraction of sp³-hybridized carbons (Fsp3) is 0.435. The molecule has 0 bridgehead atoms. The van der Waals surface area contributed by atoms with E-state index in [9.17, 15) is 4.79 Å². The summed E-state index contributed by atoms with van der Waals surface area (Å²) in [5.74, 6) is 0.0524. The van der Waals surface area contributed by atoms with Gasteiger partial charge in [-0.15, -0.1) is 5.10 Å². The number of carbonyl (C=O) groups is 1. The third kappa shape index (κ3) is 3.82. The van der Waals surface area contributed by atoms with Crippen molar-refractivity contribution >= 4 is 45.4 Å². The van der Waals surface area contributed by atoms with Gasteiger partial charge in [0.1, 0.15) is 0 Å². The molecule has 1 heterocycles. The van der Waals surface area contributed by atoms with E-state index < -0.39 is 0 Å². The van der Waals surface area contributed by atoms with E-state index in [0.29, 0.717) is 18.8 Å². The molecule has 0 saturated heterocycles. The maximum atomic E-state index is 12.1. The first kappa shape index (κ1) is 19.8. The van der Waals surface area contributed by atoms with Crippen LogP contribution in [0.2, 0.25) is 0 Å². The minimum Gasteiger partial charge on any atom is -0.284 e. The molecule has 2 aromatic carbocycles. The summed E-state index contributed by atoms with van der Waals surface area (Å²) in [4.78, 5) is 16.5. The Kier molecular flexibility index (Phi) is 5.21. The van der Waals surface area contributed by atoms with Crippen LogP contribution in [0, 0.1) is 3.95 Å². The molecule has 30 heavy (non-hydrogen) atoms. The molecule has 1 unspecified atom stereocenters. The second-order valence-corrected chi connectivity index (χ2v) is 10.0. The molecule has 2 aliphatic rings. The predicted octanol–water partition coefficient (Wildman–Crippen LogP) is 5.53. The van der Waals surface area contributed by atoms with Crippen molar-refractivity contribution in [3.63, 3.8) is 0 Å². The molecule has 3 aromatic rings. The van der Waals surface area contributed by atoms with Crippen molar-refractivity contribution in [1.82, 2.24) is 14.7 Å². The number of hydrogen-bond acceptors (Lipinski definition) is 5. The Hall–Kier alpha value is -2.09. The Balaban J connectivity index is 1.45. The number of benzene rings is 2. The minimum absolute atomic E-state index is 0.0524. The van der Waals surface area contributed by atoms with E-state index >= 15 is 0 Å². The number of carbonyl (C=O) groups excluding carboxylic acids is 1. The predicted molar refractivity (Wildman–Crippen MR) is 124 cm³/mol. The summed E-state index contributed by atoms with van der Waals surface area (Å²) in [6.45, 7) is 4.55. The zero-order chi connectivity index (χ0) is 20.8. The smallest absolute Gasteiger partial charge is 0.225 e. The van der Waals surface area contributed by atoms with Gasteiger partial charge in [0.05, 0.1) is 6.67 Å². The largest absolute Gasteiger partial charge is 0.284 e. The highest BCUT2D eigenvalue weighted by Gasteiger charge is 2.36. The number of nitrogens with zero attached hydrogens (tertiary/aromatic N) is 4. The summed E-state index contributed by atoms with van der Waals surface area (Å²) in [5.41, 5.74) is 1.34. The van der Waals surface area contributed by atoms with Crippen molar-refractivity contribution in [2.24, 2.45) is 0 Å². The molecular weight excluding hydrogens is 412 g/mol. The van der Waals surface area contributed by atoms with Gasteiger partial charge in [0.25, 0.3) is 0 Å². The van der Waals surface area contributed by atoms with E-state index in [4.69, 9.17) is 17.3 Å². The first-order chi connectivity index (χ1) is 14.5. The van der Waals surface area contributed by atoms with Crippen molar-refractivity contribution in [3.05, 3.63) is 52.0 Å². The van der Waals surface area contributed by atoms with Gasteiger partial charge in [-0.25, -0.2) is 4.68 Å². The zero-order valence-electron chi connectivity index (χ0n) is 17.3. The van der Waals surface area contributed by atoms with E-state index in [0.717, 1.165) is 21.9 Å². The Morgan fingerprint density at radius 1 is 1.17 bits per heavy atom. The molecule has 0 N–H and O–H groups in total.